The second-order valence-corrected chi connectivity index (χ2v) is 4.00. The van der Waals surface area contributed by atoms with Gasteiger partial charge < -0.3 is 4.98 Å². The van der Waals surface area contributed by atoms with Crippen LogP contribution < -0.4 is 0 Å². The monoisotopic (exact) mass is 332 g/mol. The largest absolute Gasteiger partial charge is 0.368 e. The molecule has 2 heterocycles. The summed E-state index contributed by atoms with van der Waals surface area (Å²) in [5.41, 5.74) is 1.17. The molecule has 0 radical (unpaired) electrons. The topological polar surface area (TPSA) is 28.7 Å². The minimum Gasteiger partial charge on any atom is -0.368 e. The van der Waals surface area contributed by atoms with Gasteiger partial charge in [0, 0.05) is 24.8 Å². The van der Waals surface area contributed by atoms with Gasteiger partial charge in [-0.15, -0.1) is 13.2 Å². The number of nitrogens with zero attached hydrogens (tertiary/aromatic N) is 1. The first-order chi connectivity index (χ1) is 12.3. The summed E-state index contributed by atoms with van der Waals surface area (Å²) >= 11 is 0. The van der Waals surface area contributed by atoms with Crippen LogP contribution in [0.4, 0.5) is 0 Å². The van der Waals surface area contributed by atoms with Crippen LogP contribution in [0.25, 0.3) is 6.08 Å². The van der Waals surface area contributed by atoms with Crippen LogP contribution in [0.15, 0.2) is 130 Å². The molecule has 25 heavy (non-hydrogen) atoms. The molecule has 0 bridgehead atoms. The third kappa shape index (κ3) is 20.6. The van der Waals surface area contributed by atoms with Crippen LogP contribution in [0, 0.1) is 0 Å². The minimum atomic E-state index is 1.17. The number of rotatable bonds is 2. The standard InChI is InChI=1S/C8H8.C5H5N.C4H5N.C4H6.C2H4/c1-2-8-6-4-3-5-7-8;1-2-4-6-5-3-1;1-2-4-5-3-1;1-3-4-2;1-2/h2-7H,1H2;1-5H;1-5H;3-4H,1-2H2;1-2H2. The highest BCUT2D eigenvalue weighted by Crippen LogP contribution is 1.97. The molecular formula is C23H28N2. The summed E-state index contributed by atoms with van der Waals surface area (Å²) in [5, 5.41) is 0. The molecule has 3 rings (SSSR count). The highest BCUT2D eigenvalue weighted by atomic mass is 14.6. The van der Waals surface area contributed by atoms with Crippen molar-refractivity contribution in [3.8, 4) is 0 Å². The van der Waals surface area contributed by atoms with Crippen LogP contribution >= 0.6 is 0 Å². The fourth-order valence-corrected chi connectivity index (χ4v) is 1.18. The number of nitrogens with one attached hydrogen (secondary N) is 1. The van der Waals surface area contributed by atoms with Gasteiger partial charge in [0.05, 0.1) is 0 Å². The lowest BCUT2D eigenvalue weighted by Gasteiger charge is -1.85. The molecule has 0 amide bonds. The van der Waals surface area contributed by atoms with E-state index in [4.69, 9.17) is 0 Å². The second kappa shape index (κ2) is 22.9. The van der Waals surface area contributed by atoms with Crippen LogP contribution in [0.3, 0.4) is 0 Å². The first-order valence-corrected chi connectivity index (χ1v) is 7.68. The van der Waals surface area contributed by atoms with Gasteiger partial charge in [0.2, 0.25) is 0 Å². The van der Waals surface area contributed by atoms with Crippen molar-refractivity contribution in [2.24, 2.45) is 0 Å². The summed E-state index contributed by atoms with van der Waals surface area (Å²) in [5.74, 6) is 0. The Labute approximate surface area is 152 Å². The summed E-state index contributed by atoms with van der Waals surface area (Å²) in [6.07, 6.45) is 12.4. The van der Waals surface area contributed by atoms with Crippen LogP contribution in [0.1, 0.15) is 5.56 Å². The van der Waals surface area contributed by atoms with Gasteiger partial charge in [-0.3, -0.25) is 4.98 Å². The second-order valence-electron chi connectivity index (χ2n) is 4.00. The molecule has 0 aliphatic heterocycles. The Hall–Kier alpha value is -3.39. The first kappa shape index (κ1) is 23.9. The van der Waals surface area contributed by atoms with Gasteiger partial charge in [-0.05, 0) is 29.8 Å². The average molecular weight is 332 g/mol. The van der Waals surface area contributed by atoms with E-state index in [1.807, 2.05) is 79.1 Å². The summed E-state index contributed by atoms with van der Waals surface area (Å²) in [6.45, 7) is 16.4. The lowest BCUT2D eigenvalue weighted by molar-refractivity contribution is 1.33. The number of aromatic nitrogens is 2. The number of pyridine rings is 1. The van der Waals surface area contributed by atoms with E-state index in [1.165, 1.54) is 5.56 Å². The maximum atomic E-state index is 3.78. The van der Waals surface area contributed by atoms with E-state index >= 15 is 0 Å². The van der Waals surface area contributed by atoms with Gasteiger partial charge in [-0.1, -0.05) is 74.4 Å². The molecule has 0 aliphatic rings. The lowest BCUT2D eigenvalue weighted by atomic mass is 10.2. The van der Waals surface area contributed by atoms with Crippen LogP contribution in [-0.2, 0) is 0 Å². The van der Waals surface area contributed by atoms with E-state index in [9.17, 15) is 0 Å². The molecule has 1 aromatic carbocycles. The number of aromatic amines is 1. The van der Waals surface area contributed by atoms with Crippen molar-refractivity contribution in [1.82, 2.24) is 9.97 Å². The fourth-order valence-electron chi connectivity index (χ4n) is 1.18. The smallest absolute Gasteiger partial charge is 0.0267 e. The molecule has 2 heteroatoms. The Morgan fingerprint density at radius 2 is 1.16 bits per heavy atom. The molecule has 0 unspecified atom stereocenters. The fraction of sp³-hybridized carbons (Fsp3) is 0. The summed E-state index contributed by atoms with van der Waals surface area (Å²) in [6, 6.07) is 19.6. The molecule has 2 nitrogen and oxygen atoms in total. The first-order valence-electron chi connectivity index (χ1n) is 7.68. The molecule has 1 N–H and O–H groups in total. The van der Waals surface area contributed by atoms with Crippen molar-refractivity contribution in [3.63, 3.8) is 0 Å². The van der Waals surface area contributed by atoms with Crippen LogP contribution in [-0.4, -0.2) is 9.97 Å². The molecule has 2 aromatic heterocycles. The Bertz CT molecular complexity index is 549. The molecule has 0 spiro atoms. The number of allylic oxidation sites excluding steroid dienone is 2. The van der Waals surface area contributed by atoms with Crippen LogP contribution in [0.2, 0.25) is 0 Å². The van der Waals surface area contributed by atoms with E-state index in [1.54, 1.807) is 24.5 Å². The van der Waals surface area contributed by atoms with Gasteiger partial charge in [-0.25, -0.2) is 0 Å². The Kier molecular flexibility index (Phi) is 21.9. The molecular weight excluding hydrogens is 304 g/mol. The molecule has 0 atom stereocenters. The van der Waals surface area contributed by atoms with Crippen molar-refractivity contribution in [2.75, 3.05) is 0 Å². The molecule has 3 aromatic rings. The Morgan fingerprint density at radius 3 is 1.36 bits per heavy atom. The van der Waals surface area contributed by atoms with Gasteiger partial charge in [-0.2, -0.15) is 0 Å². The Morgan fingerprint density at radius 1 is 0.680 bits per heavy atom. The van der Waals surface area contributed by atoms with Crippen molar-refractivity contribution in [3.05, 3.63) is 136 Å². The third-order valence-corrected chi connectivity index (χ3v) is 2.26. The van der Waals surface area contributed by atoms with Crippen LogP contribution in [0.5, 0.6) is 0 Å². The quantitative estimate of drug-likeness (QED) is 0.416. The van der Waals surface area contributed by atoms with Crippen molar-refractivity contribution in [2.45, 2.75) is 0 Å². The number of benzene rings is 1. The molecule has 0 saturated heterocycles. The number of H-pyrrole nitrogens is 1. The van der Waals surface area contributed by atoms with Gasteiger partial charge in [0.15, 0.2) is 0 Å². The maximum absolute atomic E-state index is 3.78. The zero-order valence-corrected chi connectivity index (χ0v) is 14.8. The van der Waals surface area contributed by atoms with Crippen molar-refractivity contribution in [1.29, 1.82) is 0 Å². The maximum Gasteiger partial charge on any atom is 0.0267 e. The minimum absolute atomic E-state index is 1.17. The van der Waals surface area contributed by atoms with Crippen molar-refractivity contribution < 1.29 is 0 Å². The van der Waals surface area contributed by atoms with Gasteiger partial charge >= 0.3 is 0 Å². The van der Waals surface area contributed by atoms with E-state index in [0.717, 1.165) is 0 Å². The van der Waals surface area contributed by atoms with E-state index in [2.05, 4.69) is 42.9 Å². The zero-order chi connectivity index (χ0) is 19.0. The summed E-state index contributed by atoms with van der Waals surface area (Å²) in [7, 11) is 0. The zero-order valence-electron chi connectivity index (χ0n) is 14.8. The lowest BCUT2D eigenvalue weighted by Crippen LogP contribution is -1.63. The number of hydrogen-bond acceptors (Lipinski definition) is 1. The summed E-state index contributed by atoms with van der Waals surface area (Å²) < 4.78 is 0. The SMILES string of the molecule is C=C.C=CC=C.C=Cc1ccccc1.c1cc[nH]c1.c1ccncc1. The van der Waals surface area contributed by atoms with E-state index in [0.29, 0.717) is 0 Å². The highest BCUT2D eigenvalue weighted by molar-refractivity contribution is 5.45. The predicted molar refractivity (Wildman–Crippen MR) is 113 cm³/mol. The summed E-state index contributed by atoms with van der Waals surface area (Å²) in [4.78, 5) is 6.65. The predicted octanol–water partition coefficient (Wildman–Crippen LogP) is 6.59. The molecule has 0 saturated carbocycles. The highest BCUT2D eigenvalue weighted by Gasteiger charge is 1.75. The van der Waals surface area contributed by atoms with E-state index in [-0.39, 0.29) is 0 Å². The molecule has 0 fully saturated rings. The number of hydrogen-bond donors (Lipinski definition) is 1. The average Bonchev–Trinajstić information content (AvgIpc) is 3.32. The third-order valence-electron chi connectivity index (χ3n) is 2.26. The molecule has 0 aliphatic carbocycles. The molecule has 130 valence electrons. The van der Waals surface area contributed by atoms with Gasteiger partial charge in [0.25, 0.3) is 0 Å². The normalized spacial score (nSPS) is 7.20. The van der Waals surface area contributed by atoms with E-state index < -0.39 is 0 Å². The van der Waals surface area contributed by atoms with Gasteiger partial charge in [0.1, 0.15) is 0 Å². The van der Waals surface area contributed by atoms with Crippen molar-refractivity contribution >= 4 is 6.08 Å². The Balaban J connectivity index is 0.